The summed E-state index contributed by atoms with van der Waals surface area (Å²) in [6.45, 7) is 2.50. The third-order valence-electron chi connectivity index (χ3n) is 2.75. The van der Waals surface area contributed by atoms with E-state index in [1.54, 1.807) is 6.92 Å². The molecule has 0 bridgehead atoms. The van der Waals surface area contributed by atoms with Crippen LogP contribution in [0, 0.1) is 22.9 Å². The van der Waals surface area contributed by atoms with Crippen LogP contribution in [0.5, 0.6) is 0 Å². The van der Waals surface area contributed by atoms with Gasteiger partial charge in [0.05, 0.1) is 16.4 Å². The quantitative estimate of drug-likeness (QED) is 0.604. The lowest BCUT2D eigenvalue weighted by molar-refractivity contribution is -0.387. The van der Waals surface area contributed by atoms with Crippen LogP contribution in [-0.4, -0.2) is 31.1 Å². The molecule has 112 valence electrons. The summed E-state index contributed by atoms with van der Waals surface area (Å²) >= 11 is 0. The number of aliphatic hydroxyl groups is 1. The van der Waals surface area contributed by atoms with Gasteiger partial charge in [0.1, 0.15) is 0 Å². The maximum Gasteiger partial charge on any atom is 0.306 e. The maximum absolute atomic E-state index is 13.5. The van der Waals surface area contributed by atoms with Crippen molar-refractivity contribution in [3.8, 4) is 0 Å². The molecule has 0 spiro atoms. The van der Waals surface area contributed by atoms with Crippen LogP contribution in [0.2, 0.25) is 0 Å². The molecule has 0 saturated carbocycles. The lowest BCUT2D eigenvalue weighted by Gasteiger charge is -2.14. The fraction of sp³-hybridized carbons (Fsp3) is 0.455. The van der Waals surface area contributed by atoms with Gasteiger partial charge in [0, 0.05) is 12.1 Å². The molecule has 0 radical (unpaired) electrons. The first-order chi connectivity index (χ1) is 9.22. The third kappa shape index (κ3) is 3.50. The maximum atomic E-state index is 13.5. The fourth-order valence-corrected chi connectivity index (χ4v) is 2.96. The summed E-state index contributed by atoms with van der Waals surface area (Å²) in [6, 6.07) is 0.966. The summed E-state index contributed by atoms with van der Waals surface area (Å²) in [5.41, 5.74) is -1.04. The largest absolute Gasteiger partial charge is 0.395 e. The Bertz CT molecular complexity index is 613. The van der Waals surface area contributed by atoms with Gasteiger partial charge in [0.15, 0.2) is 0 Å². The first-order valence-electron chi connectivity index (χ1n) is 5.80. The van der Waals surface area contributed by atoms with E-state index in [0.717, 1.165) is 6.07 Å². The Morgan fingerprint density at radius 3 is 2.55 bits per heavy atom. The number of nitrogens with zero attached hydrogens (tertiary/aromatic N) is 1. The summed E-state index contributed by atoms with van der Waals surface area (Å²) in [7, 11) is -4.06. The van der Waals surface area contributed by atoms with Crippen molar-refractivity contribution < 1.29 is 22.8 Å². The molecule has 0 amide bonds. The second-order valence-electron chi connectivity index (χ2n) is 4.24. The lowest BCUT2D eigenvalue weighted by atomic mass is 10.2. The molecular formula is C11H15FN2O5S. The number of hydrogen-bond donors (Lipinski definition) is 2. The van der Waals surface area contributed by atoms with Gasteiger partial charge in [-0.1, -0.05) is 6.92 Å². The zero-order chi connectivity index (χ0) is 15.5. The van der Waals surface area contributed by atoms with E-state index < -0.39 is 44.0 Å². The predicted octanol–water partition coefficient (Wildman–Crippen LogP) is 1.09. The van der Waals surface area contributed by atoms with Gasteiger partial charge in [-0.25, -0.2) is 13.1 Å². The molecular weight excluding hydrogens is 291 g/mol. The SMILES string of the molecule is CC[C@H](CO)NS(=O)(=O)c1cc(C)c(F)c([N+](=O)[O-])c1. The van der Waals surface area contributed by atoms with E-state index in [1.165, 1.54) is 6.92 Å². The lowest BCUT2D eigenvalue weighted by Crippen LogP contribution is -2.37. The van der Waals surface area contributed by atoms with Gasteiger partial charge >= 0.3 is 5.69 Å². The van der Waals surface area contributed by atoms with Crippen LogP contribution in [-0.2, 0) is 10.0 Å². The van der Waals surface area contributed by atoms with Crippen LogP contribution in [0.4, 0.5) is 10.1 Å². The Hall–Kier alpha value is -1.58. The Morgan fingerprint density at radius 2 is 2.10 bits per heavy atom. The van der Waals surface area contributed by atoms with Crippen molar-refractivity contribution in [3.63, 3.8) is 0 Å². The average molecular weight is 306 g/mol. The smallest absolute Gasteiger partial charge is 0.306 e. The first kappa shape index (κ1) is 16.5. The molecule has 1 aromatic carbocycles. The van der Waals surface area contributed by atoms with Crippen molar-refractivity contribution in [2.24, 2.45) is 0 Å². The zero-order valence-corrected chi connectivity index (χ0v) is 11.8. The number of aryl methyl sites for hydroxylation is 1. The monoisotopic (exact) mass is 306 g/mol. The van der Waals surface area contributed by atoms with Crippen LogP contribution in [0.1, 0.15) is 18.9 Å². The number of nitro benzene ring substituents is 1. The van der Waals surface area contributed by atoms with E-state index in [9.17, 15) is 22.9 Å². The molecule has 2 N–H and O–H groups in total. The van der Waals surface area contributed by atoms with Gasteiger partial charge in [0.25, 0.3) is 0 Å². The van der Waals surface area contributed by atoms with Crippen molar-refractivity contribution in [1.29, 1.82) is 0 Å². The molecule has 9 heteroatoms. The van der Waals surface area contributed by atoms with E-state index in [2.05, 4.69) is 4.72 Å². The van der Waals surface area contributed by atoms with E-state index in [0.29, 0.717) is 12.5 Å². The second kappa shape index (κ2) is 6.25. The Balaban J connectivity index is 3.29. The highest BCUT2D eigenvalue weighted by Gasteiger charge is 2.25. The van der Waals surface area contributed by atoms with Crippen LogP contribution in [0.3, 0.4) is 0 Å². The molecule has 20 heavy (non-hydrogen) atoms. The minimum atomic E-state index is -4.06. The second-order valence-corrected chi connectivity index (χ2v) is 5.95. The predicted molar refractivity (Wildman–Crippen MR) is 69.3 cm³/mol. The molecule has 1 rings (SSSR count). The summed E-state index contributed by atoms with van der Waals surface area (Å²) in [5.74, 6) is -1.07. The average Bonchev–Trinajstić information content (AvgIpc) is 2.38. The van der Waals surface area contributed by atoms with Crippen LogP contribution in [0.25, 0.3) is 0 Å². The number of rotatable bonds is 6. The Labute approximate surface area is 115 Å². The van der Waals surface area contributed by atoms with Gasteiger partial charge < -0.3 is 5.11 Å². The van der Waals surface area contributed by atoms with Gasteiger partial charge in [-0.15, -0.1) is 0 Å². The fourth-order valence-electron chi connectivity index (χ4n) is 1.54. The minimum Gasteiger partial charge on any atom is -0.395 e. The molecule has 0 heterocycles. The van der Waals surface area contributed by atoms with Gasteiger partial charge in [0.2, 0.25) is 15.8 Å². The van der Waals surface area contributed by atoms with Gasteiger partial charge in [-0.3, -0.25) is 10.1 Å². The molecule has 0 aliphatic rings. The number of hydrogen-bond acceptors (Lipinski definition) is 5. The highest BCUT2D eigenvalue weighted by Crippen LogP contribution is 2.25. The third-order valence-corrected chi connectivity index (χ3v) is 4.25. The number of benzene rings is 1. The topological polar surface area (TPSA) is 110 Å². The molecule has 0 aliphatic heterocycles. The highest BCUT2D eigenvalue weighted by atomic mass is 32.2. The molecule has 1 atom stereocenters. The Kier molecular flexibility index (Phi) is 5.15. The van der Waals surface area contributed by atoms with Gasteiger partial charge in [-0.05, 0) is 25.0 Å². The molecule has 1 aromatic rings. The van der Waals surface area contributed by atoms with E-state index >= 15 is 0 Å². The van der Waals surface area contributed by atoms with Crippen LogP contribution < -0.4 is 4.72 Å². The molecule has 0 fully saturated rings. The number of nitro groups is 1. The van der Waals surface area contributed by atoms with E-state index in [1.807, 2.05) is 0 Å². The minimum absolute atomic E-state index is 0.142. The van der Waals surface area contributed by atoms with Gasteiger partial charge in [-0.2, -0.15) is 4.39 Å². The number of halogens is 1. The standard InChI is InChI=1S/C11H15FN2O5S/c1-3-8(6-15)13-20(18,19)9-4-7(2)11(12)10(5-9)14(16)17/h4-5,8,13,15H,3,6H2,1-2H3/t8-/m1/s1. The summed E-state index contributed by atoms with van der Waals surface area (Å²) in [6.07, 6.45) is 0.345. The molecule has 7 nitrogen and oxygen atoms in total. The van der Waals surface area contributed by atoms with E-state index in [4.69, 9.17) is 5.11 Å². The van der Waals surface area contributed by atoms with E-state index in [-0.39, 0.29) is 5.56 Å². The van der Waals surface area contributed by atoms with Crippen molar-refractivity contribution >= 4 is 15.7 Å². The molecule has 0 unspecified atom stereocenters. The van der Waals surface area contributed by atoms with Crippen molar-refractivity contribution in [1.82, 2.24) is 4.72 Å². The van der Waals surface area contributed by atoms with Crippen LogP contribution in [0.15, 0.2) is 17.0 Å². The first-order valence-corrected chi connectivity index (χ1v) is 7.29. The zero-order valence-electron chi connectivity index (χ0n) is 11.0. The number of nitrogens with one attached hydrogen (secondary N) is 1. The highest BCUT2D eigenvalue weighted by molar-refractivity contribution is 7.89. The van der Waals surface area contributed by atoms with Crippen molar-refractivity contribution in [2.75, 3.05) is 6.61 Å². The molecule has 0 aromatic heterocycles. The van der Waals surface area contributed by atoms with Crippen molar-refractivity contribution in [2.45, 2.75) is 31.2 Å². The summed E-state index contributed by atoms with van der Waals surface area (Å²) in [4.78, 5) is 9.31. The number of sulfonamides is 1. The summed E-state index contributed by atoms with van der Waals surface area (Å²) in [5, 5.41) is 19.7. The molecule has 0 aliphatic carbocycles. The number of aliphatic hydroxyl groups excluding tert-OH is 1. The van der Waals surface area contributed by atoms with Crippen LogP contribution >= 0.6 is 0 Å². The Morgan fingerprint density at radius 1 is 1.50 bits per heavy atom. The normalized spacial score (nSPS) is 13.2. The molecule has 0 saturated heterocycles. The van der Waals surface area contributed by atoms with Crippen molar-refractivity contribution in [3.05, 3.63) is 33.6 Å². The summed E-state index contributed by atoms with van der Waals surface area (Å²) < 4.78 is 39.8.